The smallest absolute Gasteiger partial charge is 0.280 e. The first-order valence-corrected chi connectivity index (χ1v) is 14.2. The van der Waals surface area contributed by atoms with Crippen LogP contribution in [-0.2, 0) is 23.4 Å². The topological polar surface area (TPSA) is 130 Å². The molecule has 1 amide bonds. The van der Waals surface area contributed by atoms with Crippen molar-refractivity contribution in [2.75, 3.05) is 25.3 Å². The lowest BCUT2D eigenvalue weighted by atomic mass is 10.2. The Morgan fingerprint density at radius 1 is 1.44 bits per heavy atom. The molecule has 12 heteroatoms. The third-order valence-electron chi connectivity index (χ3n) is 6.23. The molecule has 1 fully saturated rings. The zero-order chi connectivity index (χ0) is 25.1. The van der Waals surface area contributed by atoms with Gasteiger partial charge in [0.05, 0.1) is 25.6 Å². The number of H-pyrrole nitrogens is 1. The number of imidazole rings is 1. The van der Waals surface area contributed by atoms with Crippen LogP contribution in [0.5, 0.6) is 0 Å². The van der Waals surface area contributed by atoms with E-state index in [-0.39, 0.29) is 41.4 Å². The number of rotatable bonds is 10. The van der Waals surface area contributed by atoms with Crippen molar-refractivity contribution in [2.24, 2.45) is 0 Å². The first-order valence-electron chi connectivity index (χ1n) is 11.3. The van der Waals surface area contributed by atoms with E-state index in [1.165, 1.54) is 13.3 Å². The van der Waals surface area contributed by atoms with Gasteiger partial charge in [0.1, 0.15) is 19.1 Å². The fourth-order valence-electron chi connectivity index (χ4n) is 3.33. The lowest BCUT2D eigenvalue weighted by Crippen LogP contribution is -2.44. The molecule has 0 aromatic carbocycles. The predicted molar refractivity (Wildman–Crippen MR) is 130 cm³/mol. The third-order valence-corrected chi connectivity index (χ3v) is 10.7. The molecule has 0 unspecified atom stereocenters. The van der Waals surface area contributed by atoms with Gasteiger partial charge in [0, 0.05) is 13.3 Å². The summed E-state index contributed by atoms with van der Waals surface area (Å²) in [4.78, 5) is 34.9. The standard InChI is InChI=1S/C22H35N5O6Si/c1-8-9-30-13-31-15-10-17(33-16(15)11-32-34(6,7)22(3,4)5)27-12-23-18-19(27)25-21(24-14(2)28)26-20(18)29/h8,12,15-17H,1,9-11,13H2,2-7H3,(H2,24,25,26,28,29)/t15-,16+,17+/m0/s1. The van der Waals surface area contributed by atoms with Gasteiger partial charge in [0.15, 0.2) is 19.5 Å². The number of hydrogen-bond donors (Lipinski definition) is 2. The van der Waals surface area contributed by atoms with Crippen molar-refractivity contribution < 1.29 is 23.4 Å². The van der Waals surface area contributed by atoms with Gasteiger partial charge in [0.25, 0.3) is 5.56 Å². The van der Waals surface area contributed by atoms with Crippen molar-refractivity contribution in [3.8, 4) is 0 Å². The second-order valence-corrected chi connectivity index (χ2v) is 14.6. The van der Waals surface area contributed by atoms with E-state index in [1.54, 1.807) is 10.6 Å². The van der Waals surface area contributed by atoms with Crippen LogP contribution in [0.25, 0.3) is 11.2 Å². The molecule has 11 nitrogen and oxygen atoms in total. The van der Waals surface area contributed by atoms with Crippen LogP contribution in [0.2, 0.25) is 18.1 Å². The zero-order valence-corrected chi connectivity index (χ0v) is 21.7. The molecule has 2 aromatic heterocycles. The van der Waals surface area contributed by atoms with E-state index < -0.39 is 20.1 Å². The number of anilines is 1. The number of fused-ring (bicyclic) bond motifs is 1. The summed E-state index contributed by atoms with van der Waals surface area (Å²) in [5, 5.41) is 2.56. The van der Waals surface area contributed by atoms with Crippen LogP contribution in [0.3, 0.4) is 0 Å². The molecule has 3 atom stereocenters. The van der Waals surface area contributed by atoms with E-state index in [9.17, 15) is 9.59 Å². The number of aromatic amines is 1. The molecule has 2 aromatic rings. The Morgan fingerprint density at radius 2 is 2.18 bits per heavy atom. The summed E-state index contributed by atoms with van der Waals surface area (Å²) in [6.45, 7) is 16.7. The van der Waals surface area contributed by atoms with Crippen molar-refractivity contribution in [2.45, 2.75) is 70.7 Å². The summed E-state index contributed by atoms with van der Waals surface area (Å²) in [6.07, 6.45) is 2.52. The Labute approximate surface area is 200 Å². The molecule has 0 bridgehead atoms. The van der Waals surface area contributed by atoms with Gasteiger partial charge in [-0.3, -0.25) is 24.5 Å². The van der Waals surface area contributed by atoms with Gasteiger partial charge in [-0.15, -0.1) is 6.58 Å². The highest BCUT2D eigenvalue weighted by Crippen LogP contribution is 2.38. The molecule has 2 N–H and O–H groups in total. The lowest BCUT2D eigenvalue weighted by Gasteiger charge is -2.37. The van der Waals surface area contributed by atoms with E-state index in [4.69, 9.17) is 18.6 Å². The largest absolute Gasteiger partial charge is 0.414 e. The molecule has 3 heterocycles. The molecule has 34 heavy (non-hydrogen) atoms. The second-order valence-electron chi connectivity index (χ2n) is 9.84. The van der Waals surface area contributed by atoms with Crippen LogP contribution in [0.1, 0.15) is 40.3 Å². The Hall–Kier alpha value is -2.38. The van der Waals surface area contributed by atoms with Crippen molar-refractivity contribution >= 4 is 31.3 Å². The minimum absolute atomic E-state index is 0.0492. The molecule has 0 spiro atoms. The maximum atomic E-state index is 12.4. The first-order chi connectivity index (χ1) is 15.9. The number of nitrogens with zero attached hydrogens (tertiary/aromatic N) is 3. The Morgan fingerprint density at radius 3 is 2.82 bits per heavy atom. The Kier molecular flexibility index (Phi) is 8.09. The zero-order valence-electron chi connectivity index (χ0n) is 20.7. The maximum Gasteiger partial charge on any atom is 0.280 e. The predicted octanol–water partition coefficient (Wildman–Crippen LogP) is 2.93. The maximum absolute atomic E-state index is 12.4. The van der Waals surface area contributed by atoms with E-state index in [0.29, 0.717) is 25.3 Å². The summed E-state index contributed by atoms with van der Waals surface area (Å²) < 4.78 is 25.8. The molecule has 0 aliphatic carbocycles. The fraction of sp³-hybridized carbons (Fsp3) is 0.636. The van der Waals surface area contributed by atoms with Gasteiger partial charge in [-0.2, -0.15) is 4.98 Å². The van der Waals surface area contributed by atoms with E-state index in [0.717, 1.165) is 0 Å². The Bertz CT molecular complexity index is 1080. The Balaban J connectivity index is 1.83. The SMILES string of the molecule is C=CCOCO[C@H]1C[C@H](n2cnc3c(=O)[nH]c(NC(C)=O)nc32)O[C@@H]1CO[Si](C)(C)C(C)(C)C. The quantitative estimate of drug-likeness (QED) is 0.224. The van der Waals surface area contributed by atoms with Crippen LogP contribution in [0, 0.1) is 0 Å². The highest BCUT2D eigenvalue weighted by atomic mass is 28.4. The molecular formula is C22H35N5O6Si. The van der Waals surface area contributed by atoms with Crippen molar-refractivity contribution in [1.29, 1.82) is 0 Å². The number of carbonyl (C=O) groups excluding carboxylic acids is 1. The van der Waals surface area contributed by atoms with Crippen LogP contribution >= 0.6 is 0 Å². The van der Waals surface area contributed by atoms with Crippen LogP contribution in [-0.4, -0.2) is 66.0 Å². The summed E-state index contributed by atoms with van der Waals surface area (Å²) in [7, 11) is -2.01. The molecular weight excluding hydrogens is 458 g/mol. The monoisotopic (exact) mass is 493 g/mol. The van der Waals surface area contributed by atoms with Gasteiger partial charge in [-0.25, -0.2) is 4.98 Å². The van der Waals surface area contributed by atoms with Crippen LogP contribution in [0.4, 0.5) is 5.95 Å². The molecule has 1 aliphatic heterocycles. The highest BCUT2D eigenvalue weighted by Gasteiger charge is 2.42. The molecule has 188 valence electrons. The van der Waals surface area contributed by atoms with Gasteiger partial charge < -0.3 is 18.6 Å². The average Bonchev–Trinajstić information content (AvgIpc) is 3.32. The number of amides is 1. The number of aromatic nitrogens is 4. The number of ether oxygens (including phenoxy) is 3. The first kappa shape index (κ1) is 26.2. The minimum atomic E-state index is -2.01. The van der Waals surface area contributed by atoms with E-state index in [1.807, 2.05) is 0 Å². The van der Waals surface area contributed by atoms with Gasteiger partial charge in [-0.1, -0.05) is 26.8 Å². The fourth-order valence-corrected chi connectivity index (χ4v) is 4.35. The van der Waals surface area contributed by atoms with Crippen LogP contribution < -0.4 is 10.9 Å². The van der Waals surface area contributed by atoms with Crippen molar-refractivity contribution in [1.82, 2.24) is 19.5 Å². The molecule has 3 rings (SSSR count). The second kappa shape index (κ2) is 10.5. The summed E-state index contributed by atoms with van der Waals surface area (Å²) in [5.74, 6) is -0.297. The van der Waals surface area contributed by atoms with Gasteiger partial charge in [0.2, 0.25) is 11.9 Å². The number of carbonyl (C=O) groups is 1. The third kappa shape index (κ3) is 5.99. The van der Waals surface area contributed by atoms with E-state index in [2.05, 4.69) is 60.7 Å². The molecule has 0 saturated carbocycles. The van der Waals surface area contributed by atoms with Gasteiger partial charge in [-0.05, 0) is 18.1 Å². The van der Waals surface area contributed by atoms with E-state index >= 15 is 0 Å². The summed E-state index contributed by atoms with van der Waals surface area (Å²) in [5.41, 5.74) is 0.0181. The normalized spacial score (nSPS) is 21.2. The minimum Gasteiger partial charge on any atom is -0.414 e. The number of hydrogen-bond acceptors (Lipinski definition) is 8. The molecule has 1 saturated heterocycles. The lowest BCUT2D eigenvalue weighted by molar-refractivity contribution is -0.114. The highest BCUT2D eigenvalue weighted by molar-refractivity contribution is 6.74. The summed E-state index contributed by atoms with van der Waals surface area (Å²) in [6, 6.07) is 0. The van der Waals surface area contributed by atoms with Crippen molar-refractivity contribution in [3.05, 3.63) is 29.3 Å². The summed E-state index contributed by atoms with van der Waals surface area (Å²) >= 11 is 0. The van der Waals surface area contributed by atoms with Gasteiger partial charge >= 0.3 is 0 Å². The average molecular weight is 494 g/mol. The number of nitrogens with one attached hydrogen (secondary N) is 2. The molecule has 1 aliphatic rings. The van der Waals surface area contributed by atoms with Crippen molar-refractivity contribution in [3.63, 3.8) is 0 Å². The van der Waals surface area contributed by atoms with Crippen LogP contribution in [0.15, 0.2) is 23.8 Å². The molecule has 0 radical (unpaired) electrons.